The zero-order valence-electron chi connectivity index (χ0n) is 14.6. The molecule has 2 aromatic carbocycles. The third-order valence-corrected chi connectivity index (χ3v) is 4.90. The van der Waals surface area contributed by atoms with Crippen molar-refractivity contribution < 1.29 is 9.59 Å². The van der Waals surface area contributed by atoms with Crippen molar-refractivity contribution in [1.29, 1.82) is 0 Å². The molecule has 0 aliphatic carbocycles. The number of thiophene rings is 1. The molecule has 3 aromatic rings. The van der Waals surface area contributed by atoms with Gasteiger partial charge in [0.25, 0.3) is 11.8 Å². The van der Waals surface area contributed by atoms with Crippen LogP contribution in [0.25, 0.3) is 6.08 Å². The maximum absolute atomic E-state index is 12.6. The molecule has 1 heterocycles. The first kappa shape index (κ1) is 19.7. The molecule has 5 nitrogen and oxygen atoms in total. The number of amides is 2. The molecule has 1 aromatic heterocycles. The molecule has 0 saturated carbocycles. The van der Waals surface area contributed by atoms with Gasteiger partial charge in [0.2, 0.25) is 0 Å². The Morgan fingerprint density at radius 3 is 2.54 bits per heavy atom. The van der Waals surface area contributed by atoms with Crippen LogP contribution in [0.1, 0.15) is 20.8 Å². The van der Waals surface area contributed by atoms with Crippen molar-refractivity contribution in [3.63, 3.8) is 0 Å². The van der Waals surface area contributed by atoms with Crippen molar-refractivity contribution in [2.75, 3.05) is 0 Å². The fraction of sp³-hybridized carbons (Fsp3) is 0. The van der Waals surface area contributed by atoms with Gasteiger partial charge in [0.05, 0.1) is 6.21 Å². The molecule has 140 valence electrons. The third kappa shape index (κ3) is 5.73. The molecule has 2 N–H and O–H groups in total. The smallest absolute Gasteiger partial charge is 0.287 e. The van der Waals surface area contributed by atoms with Gasteiger partial charge in [-0.05, 0) is 47.4 Å². The molecule has 0 aliphatic heterocycles. The van der Waals surface area contributed by atoms with E-state index in [-0.39, 0.29) is 11.6 Å². The number of hydrazone groups is 1. The van der Waals surface area contributed by atoms with E-state index in [0.717, 1.165) is 14.9 Å². The van der Waals surface area contributed by atoms with E-state index in [1.165, 1.54) is 17.6 Å². The van der Waals surface area contributed by atoms with E-state index in [0.29, 0.717) is 5.56 Å². The molecule has 0 atom stereocenters. The highest BCUT2D eigenvalue weighted by molar-refractivity contribution is 9.10. The average molecular weight is 454 g/mol. The maximum atomic E-state index is 12.6. The van der Waals surface area contributed by atoms with Crippen molar-refractivity contribution >= 4 is 51.4 Å². The van der Waals surface area contributed by atoms with Crippen molar-refractivity contribution in [2.24, 2.45) is 5.10 Å². The van der Waals surface area contributed by atoms with Gasteiger partial charge in [0, 0.05) is 14.9 Å². The van der Waals surface area contributed by atoms with Crippen LogP contribution in [0.5, 0.6) is 0 Å². The zero-order valence-corrected chi connectivity index (χ0v) is 17.0. The number of hydrogen-bond donors (Lipinski definition) is 2. The lowest BCUT2D eigenvalue weighted by atomic mass is 10.2. The number of benzene rings is 2. The Balaban J connectivity index is 1.74. The summed E-state index contributed by atoms with van der Waals surface area (Å²) in [4.78, 5) is 25.9. The molecule has 0 aliphatic rings. The van der Waals surface area contributed by atoms with Crippen LogP contribution < -0.4 is 10.7 Å². The summed E-state index contributed by atoms with van der Waals surface area (Å²) in [6.45, 7) is 0. The number of nitrogens with one attached hydrogen (secondary N) is 2. The Morgan fingerprint density at radius 1 is 1.00 bits per heavy atom. The first-order chi connectivity index (χ1) is 13.6. The molecule has 0 unspecified atom stereocenters. The van der Waals surface area contributed by atoms with E-state index >= 15 is 0 Å². The summed E-state index contributed by atoms with van der Waals surface area (Å²) in [5.41, 5.74) is 3.86. The Morgan fingerprint density at radius 2 is 1.82 bits per heavy atom. The minimum Gasteiger partial charge on any atom is -0.317 e. The molecule has 28 heavy (non-hydrogen) atoms. The highest BCUT2D eigenvalue weighted by Crippen LogP contribution is 2.13. The van der Waals surface area contributed by atoms with Gasteiger partial charge < -0.3 is 5.32 Å². The normalized spacial score (nSPS) is 11.4. The van der Waals surface area contributed by atoms with Crippen LogP contribution in [-0.2, 0) is 4.79 Å². The summed E-state index contributed by atoms with van der Waals surface area (Å²) in [7, 11) is 0. The molecule has 3 rings (SSSR count). The van der Waals surface area contributed by atoms with Crippen LogP contribution in [0.3, 0.4) is 0 Å². The summed E-state index contributed by atoms with van der Waals surface area (Å²) < 4.78 is 0.913. The van der Waals surface area contributed by atoms with E-state index in [1.54, 1.807) is 30.3 Å². The molecule has 0 spiro atoms. The molecule has 2 amide bonds. The van der Waals surface area contributed by atoms with Crippen LogP contribution >= 0.6 is 27.3 Å². The predicted octanol–water partition coefficient (Wildman–Crippen LogP) is 4.43. The Kier molecular flexibility index (Phi) is 6.89. The first-order valence-corrected chi connectivity index (χ1v) is 9.99. The molecular weight excluding hydrogens is 438 g/mol. The lowest BCUT2D eigenvalue weighted by Crippen LogP contribution is -2.32. The van der Waals surface area contributed by atoms with Gasteiger partial charge in [0.1, 0.15) is 5.70 Å². The van der Waals surface area contributed by atoms with Crippen LogP contribution in [0.15, 0.2) is 87.4 Å². The van der Waals surface area contributed by atoms with Crippen molar-refractivity contribution in [3.05, 3.63) is 98.3 Å². The number of nitrogens with zero attached hydrogens (tertiary/aromatic N) is 1. The standard InChI is InChI=1S/C21H16BrN3O2S/c22-17-9-4-6-15(12-17)14-23-25-21(27)19(13-18-10-5-11-28-18)24-20(26)16-7-2-1-3-8-16/h1-14H,(H,24,26)(H,25,27)/b19-13+,23-14?. The van der Waals surface area contributed by atoms with E-state index in [4.69, 9.17) is 0 Å². The van der Waals surface area contributed by atoms with Gasteiger partial charge in [-0.3, -0.25) is 9.59 Å². The maximum Gasteiger partial charge on any atom is 0.287 e. The summed E-state index contributed by atoms with van der Waals surface area (Å²) in [5, 5.41) is 8.54. The summed E-state index contributed by atoms with van der Waals surface area (Å²) in [5.74, 6) is -0.876. The van der Waals surface area contributed by atoms with Gasteiger partial charge in [-0.15, -0.1) is 11.3 Å². The van der Waals surface area contributed by atoms with Gasteiger partial charge in [-0.2, -0.15) is 5.10 Å². The third-order valence-electron chi connectivity index (χ3n) is 3.59. The monoisotopic (exact) mass is 453 g/mol. The Hall–Kier alpha value is -3.03. The quantitative estimate of drug-likeness (QED) is 0.329. The van der Waals surface area contributed by atoms with E-state index in [1.807, 2.05) is 47.8 Å². The molecule has 0 saturated heterocycles. The molecule has 0 radical (unpaired) electrons. The topological polar surface area (TPSA) is 70.6 Å². The molecule has 0 fully saturated rings. The number of halogens is 1. The van der Waals surface area contributed by atoms with Crippen molar-refractivity contribution in [1.82, 2.24) is 10.7 Å². The lowest BCUT2D eigenvalue weighted by Gasteiger charge is -2.08. The Labute approximate surface area is 174 Å². The summed E-state index contributed by atoms with van der Waals surface area (Å²) in [6, 6.07) is 19.9. The zero-order chi connectivity index (χ0) is 19.8. The van der Waals surface area contributed by atoms with Gasteiger partial charge >= 0.3 is 0 Å². The molecule has 7 heteroatoms. The SMILES string of the molecule is O=C(NN=Cc1cccc(Br)c1)/C(=C\c1cccs1)NC(=O)c1ccccc1. The van der Waals surface area contributed by atoms with Gasteiger partial charge in [0.15, 0.2) is 0 Å². The van der Waals surface area contributed by atoms with Crippen LogP contribution in [-0.4, -0.2) is 18.0 Å². The first-order valence-electron chi connectivity index (χ1n) is 8.32. The predicted molar refractivity (Wildman–Crippen MR) is 116 cm³/mol. The van der Waals surface area contributed by atoms with E-state index in [9.17, 15) is 9.59 Å². The second kappa shape index (κ2) is 9.77. The summed E-state index contributed by atoms with van der Waals surface area (Å²) in [6.07, 6.45) is 3.15. The van der Waals surface area contributed by atoms with E-state index in [2.05, 4.69) is 31.8 Å². The second-order valence-electron chi connectivity index (χ2n) is 5.65. The molecule has 0 bridgehead atoms. The van der Waals surface area contributed by atoms with Crippen LogP contribution in [0.4, 0.5) is 0 Å². The minimum absolute atomic E-state index is 0.114. The van der Waals surface area contributed by atoms with Crippen molar-refractivity contribution in [2.45, 2.75) is 0 Å². The van der Waals surface area contributed by atoms with Gasteiger partial charge in [-0.1, -0.05) is 52.3 Å². The number of carbonyl (C=O) groups is 2. The van der Waals surface area contributed by atoms with Crippen molar-refractivity contribution in [3.8, 4) is 0 Å². The highest BCUT2D eigenvalue weighted by Gasteiger charge is 2.14. The largest absolute Gasteiger partial charge is 0.317 e. The second-order valence-corrected chi connectivity index (χ2v) is 7.54. The minimum atomic E-state index is -0.510. The number of rotatable bonds is 6. The number of carbonyl (C=O) groups excluding carboxylic acids is 2. The lowest BCUT2D eigenvalue weighted by molar-refractivity contribution is -0.117. The fourth-order valence-corrected chi connectivity index (χ4v) is 3.34. The van der Waals surface area contributed by atoms with Crippen LogP contribution in [0.2, 0.25) is 0 Å². The van der Waals surface area contributed by atoms with E-state index < -0.39 is 5.91 Å². The average Bonchev–Trinajstić information content (AvgIpc) is 3.21. The highest BCUT2D eigenvalue weighted by atomic mass is 79.9. The molecular formula is C21H16BrN3O2S. The van der Waals surface area contributed by atoms with Gasteiger partial charge in [-0.25, -0.2) is 5.43 Å². The summed E-state index contributed by atoms with van der Waals surface area (Å²) >= 11 is 4.85. The van der Waals surface area contributed by atoms with Crippen LogP contribution in [0, 0.1) is 0 Å². The fourth-order valence-electron chi connectivity index (χ4n) is 2.27. The number of hydrogen-bond acceptors (Lipinski definition) is 4. The Bertz CT molecular complexity index is 1020.